The summed E-state index contributed by atoms with van der Waals surface area (Å²) in [5.74, 6) is 1.05. The van der Waals surface area contributed by atoms with Crippen molar-refractivity contribution < 1.29 is 9.59 Å². The minimum Gasteiger partial charge on any atom is -0.354 e. The van der Waals surface area contributed by atoms with E-state index in [1.807, 2.05) is 13.8 Å². The van der Waals surface area contributed by atoms with Gasteiger partial charge in [0.25, 0.3) is 0 Å². The number of carbonyl (C=O) groups excluding carboxylic acids is 2. The number of aromatic nitrogens is 3. The van der Waals surface area contributed by atoms with Crippen molar-refractivity contribution in [1.82, 2.24) is 25.0 Å². The van der Waals surface area contributed by atoms with E-state index in [0.29, 0.717) is 23.4 Å². The second-order valence-electron chi connectivity index (χ2n) is 4.82. The van der Waals surface area contributed by atoms with Crippen molar-refractivity contribution in [3.63, 3.8) is 0 Å². The van der Waals surface area contributed by atoms with E-state index >= 15 is 0 Å². The van der Waals surface area contributed by atoms with Crippen LogP contribution >= 0.6 is 23.4 Å². The van der Waals surface area contributed by atoms with E-state index in [9.17, 15) is 9.59 Å². The fourth-order valence-corrected chi connectivity index (χ4v) is 2.19. The first-order chi connectivity index (χ1) is 9.86. The Labute approximate surface area is 133 Å². The highest BCUT2D eigenvalue weighted by atomic mass is 35.5. The summed E-state index contributed by atoms with van der Waals surface area (Å²) in [6.07, 6.45) is 0. The van der Waals surface area contributed by atoms with Gasteiger partial charge in [0.15, 0.2) is 11.0 Å². The van der Waals surface area contributed by atoms with Crippen LogP contribution < -0.4 is 5.32 Å². The normalized spacial score (nSPS) is 10.8. The lowest BCUT2D eigenvalue weighted by atomic mass is 10.2. The first-order valence-electron chi connectivity index (χ1n) is 6.50. The summed E-state index contributed by atoms with van der Waals surface area (Å²) in [6, 6.07) is -0.293. The Balaban J connectivity index is 2.84. The predicted molar refractivity (Wildman–Crippen MR) is 83.0 cm³/mol. The summed E-state index contributed by atoms with van der Waals surface area (Å²) in [5.41, 5.74) is 0. The molecule has 21 heavy (non-hydrogen) atoms. The van der Waals surface area contributed by atoms with E-state index in [1.165, 1.54) is 21.3 Å². The summed E-state index contributed by atoms with van der Waals surface area (Å²) < 4.78 is 1.23. The van der Waals surface area contributed by atoms with Crippen molar-refractivity contribution in [3.8, 4) is 0 Å². The third-order valence-electron chi connectivity index (χ3n) is 2.42. The maximum atomic E-state index is 12.1. The van der Waals surface area contributed by atoms with Crippen LogP contribution in [0.4, 0.5) is 4.79 Å². The molecule has 0 spiro atoms. The molecule has 0 aliphatic rings. The molecule has 0 saturated carbocycles. The molecule has 0 atom stereocenters. The van der Waals surface area contributed by atoms with Crippen molar-refractivity contribution in [2.75, 3.05) is 32.3 Å². The molecule has 1 rings (SSSR count). The van der Waals surface area contributed by atoms with Gasteiger partial charge in [-0.1, -0.05) is 25.6 Å². The number of halogens is 1. The van der Waals surface area contributed by atoms with Crippen LogP contribution in [-0.4, -0.2) is 63.9 Å². The zero-order chi connectivity index (χ0) is 16.0. The van der Waals surface area contributed by atoms with Crippen LogP contribution in [0.2, 0.25) is 0 Å². The van der Waals surface area contributed by atoms with Gasteiger partial charge in [-0.05, 0) is 0 Å². The Bertz CT molecular complexity index is 504. The summed E-state index contributed by atoms with van der Waals surface area (Å²) in [4.78, 5) is 29.4. The molecule has 7 nitrogen and oxygen atoms in total. The number of hydrogen-bond donors (Lipinski definition) is 1. The monoisotopic (exact) mass is 333 g/mol. The molecule has 0 bridgehead atoms. The summed E-state index contributed by atoms with van der Waals surface area (Å²) >= 11 is 6.68. The van der Waals surface area contributed by atoms with Crippen molar-refractivity contribution >= 4 is 35.3 Å². The van der Waals surface area contributed by atoms with Crippen LogP contribution in [-0.2, 0) is 4.79 Å². The number of nitrogens with one attached hydrogen (secondary N) is 1. The molecular weight excluding hydrogens is 314 g/mol. The van der Waals surface area contributed by atoms with E-state index in [1.54, 1.807) is 14.1 Å². The van der Waals surface area contributed by atoms with Gasteiger partial charge in [-0.25, -0.2) is 9.78 Å². The molecule has 0 saturated heterocycles. The van der Waals surface area contributed by atoms with Crippen LogP contribution in [0.3, 0.4) is 0 Å². The van der Waals surface area contributed by atoms with Crippen LogP contribution in [0.5, 0.6) is 0 Å². The van der Waals surface area contributed by atoms with E-state index in [2.05, 4.69) is 15.4 Å². The van der Waals surface area contributed by atoms with Crippen molar-refractivity contribution in [1.29, 1.82) is 0 Å². The van der Waals surface area contributed by atoms with Gasteiger partial charge in [-0.2, -0.15) is 4.68 Å². The molecule has 2 amide bonds. The highest BCUT2D eigenvalue weighted by Gasteiger charge is 2.20. The average Bonchev–Trinajstić information content (AvgIpc) is 2.86. The molecule has 0 aromatic carbocycles. The molecule has 0 aliphatic heterocycles. The summed E-state index contributed by atoms with van der Waals surface area (Å²) in [7, 11) is 3.28. The average molecular weight is 334 g/mol. The second-order valence-corrected chi connectivity index (χ2v) is 6.14. The Morgan fingerprint density at radius 3 is 2.62 bits per heavy atom. The van der Waals surface area contributed by atoms with Gasteiger partial charge in [-0.3, -0.25) is 4.79 Å². The number of amides is 2. The molecule has 0 radical (unpaired) electrons. The molecule has 1 N–H and O–H groups in total. The zero-order valence-electron chi connectivity index (χ0n) is 12.6. The Hall–Kier alpha value is -1.28. The first-order valence-corrected chi connectivity index (χ1v) is 8.02. The first kappa shape index (κ1) is 17.8. The maximum absolute atomic E-state index is 12.1. The SMILES string of the molecule is CC(C)c1nc(SCC(=O)NCCCl)n(C(=O)N(C)C)n1. The van der Waals surface area contributed by atoms with E-state index in [4.69, 9.17) is 11.6 Å². The maximum Gasteiger partial charge on any atom is 0.346 e. The van der Waals surface area contributed by atoms with Gasteiger partial charge in [0.2, 0.25) is 5.91 Å². The number of alkyl halides is 1. The topological polar surface area (TPSA) is 80.1 Å². The molecule has 0 fully saturated rings. The predicted octanol–water partition coefficient (Wildman–Crippen LogP) is 1.38. The minimum atomic E-state index is -0.293. The van der Waals surface area contributed by atoms with Gasteiger partial charge in [0.05, 0.1) is 5.75 Å². The zero-order valence-corrected chi connectivity index (χ0v) is 14.2. The standard InChI is InChI=1S/C12H20ClN5O2S/c1-8(2)10-15-11(18(16-10)12(20)17(3)4)21-7-9(19)14-6-5-13/h8H,5-7H2,1-4H3,(H,14,19). The summed E-state index contributed by atoms with van der Waals surface area (Å²) in [5, 5.41) is 7.29. The second kappa shape index (κ2) is 8.23. The van der Waals surface area contributed by atoms with Gasteiger partial charge in [-0.15, -0.1) is 16.7 Å². The van der Waals surface area contributed by atoms with Crippen LogP contribution in [0.15, 0.2) is 5.16 Å². The molecule has 0 unspecified atom stereocenters. The number of hydrogen-bond acceptors (Lipinski definition) is 5. The lowest BCUT2D eigenvalue weighted by Crippen LogP contribution is -2.30. The lowest BCUT2D eigenvalue weighted by Gasteiger charge is -2.10. The highest BCUT2D eigenvalue weighted by molar-refractivity contribution is 7.99. The van der Waals surface area contributed by atoms with E-state index in [0.717, 1.165) is 0 Å². The van der Waals surface area contributed by atoms with Crippen LogP contribution in [0.25, 0.3) is 0 Å². The van der Waals surface area contributed by atoms with Gasteiger partial charge >= 0.3 is 6.03 Å². The van der Waals surface area contributed by atoms with Crippen molar-refractivity contribution in [2.45, 2.75) is 24.9 Å². The van der Waals surface area contributed by atoms with Gasteiger partial charge in [0.1, 0.15) is 0 Å². The Morgan fingerprint density at radius 1 is 1.43 bits per heavy atom. The van der Waals surface area contributed by atoms with Gasteiger partial charge < -0.3 is 10.2 Å². The van der Waals surface area contributed by atoms with Crippen molar-refractivity contribution in [2.24, 2.45) is 0 Å². The smallest absolute Gasteiger partial charge is 0.346 e. The van der Waals surface area contributed by atoms with Crippen LogP contribution in [0.1, 0.15) is 25.6 Å². The third-order valence-corrected chi connectivity index (χ3v) is 3.54. The van der Waals surface area contributed by atoms with Gasteiger partial charge in [0, 0.05) is 32.4 Å². The molecule has 1 aromatic heterocycles. The van der Waals surface area contributed by atoms with E-state index < -0.39 is 0 Å². The number of rotatable bonds is 6. The van der Waals surface area contributed by atoms with Crippen LogP contribution in [0, 0.1) is 0 Å². The molecule has 9 heteroatoms. The fourth-order valence-electron chi connectivity index (χ4n) is 1.33. The molecular formula is C12H20ClN5O2S. The fraction of sp³-hybridized carbons (Fsp3) is 0.667. The lowest BCUT2D eigenvalue weighted by molar-refractivity contribution is -0.118. The summed E-state index contributed by atoms with van der Waals surface area (Å²) in [6.45, 7) is 4.31. The van der Waals surface area contributed by atoms with Crippen molar-refractivity contribution in [3.05, 3.63) is 5.82 Å². The molecule has 118 valence electrons. The third kappa shape index (κ3) is 5.20. The number of thioether (sulfide) groups is 1. The largest absolute Gasteiger partial charge is 0.354 e. The number of nitrogens with zero attached hydrogens (tertiary/aromatic N) is 4. The van der Waals surface area contributed by atoms with E-state index in [-0.39, 0.29) is 23.6 Å². The quantitative estimate of drug-likeness (QED) is 0.628. The molecule has 0 aliphatic carbocycles. The Morgan fingerprint density at radius 2 is 2.10 bits per heavy atom. The minimum absolute atomic E-state index is 0.102. The molecule has 1 aromatic rings. The Kier molecular flexibility index (Phi) is 6.97. The highest BCUT2D eigenvalue weighted by Crippen LogP contribution is 2.19. The molecule has 1 heterocycles. The number of carbonyl (C=O) groups is 2.